The van der Waals surface area contributed by atoms with Gasteiger partial charge in [-0.2, -0.15) is 0 Å². The van der Waals surface area contributed by atoms with Crippen LogP contribution in [0, 0.1) is 6.92 Å². The van der Waals surface area contributed by atoms with Crippen molar-refractivity contribution in [1.29, 1.82) is 0 Å². The van der Waals surface area contributed by atoms with Crippen molar-refractivity contribution in [3.05, 3.63) is 62.6 Å². The summed E-state index contributed by atoms with van der Waals surface area (Å²) in [6.07, 6.45) is 0. The number of hydrogen-bond donors (Lipinski definition) is 0. The Bertz CT molecular complexity index is 638. The van der Waals surface area contributed by atoms with Gasteiger partial charge in [-0.25, -0.2) is 0 Å². The van der Waals surface area contributed by atoms with Crippen LogP contribution in [0.4, 0.5) is 0 Å². The average Bonchev–Trinajstić information content (AvgIpc) is 2.41. The molecule has 4 heteroatoms. The molecule has 0 fully saturated rings. The van der Waals surface area contributed by atoms with Crippen molar-refractivity contribution >= 4 is 33.3 Å². The molecular formula is C15H12BrClO2. The number of carbonyl (C=O) groups excluding carboxylic acids is 1. The molecule has 2 nitrogen and oxygen atoms in total. The van der Waals surface area contributed by atoms with Gasteiger partial charge in [-0.15, -0.1) is 0 Å². The number of rotatable bonds is 3. The number of ketones is 1. The number of ether oxygens (including phenoxy) is 1. The molecule has 0 aromatic heterocycles. The minimum atomic E-state index is -0.0525. The molecule has 2 rings (SSSR count). The number of hydrogen-bond acceptors (Lipinski definition) is 2. The maximum absolute atomic E-state index is 12.5. The molecule has 0 aliphatic rings. The Morgan fingerprint density at radius 3 is 2.63 bits per heavy atom. The summed E-state index contributed by atoms with van der Waals surface area (Å²) in [6.45, 7) is 1.84. The smallest absolute Gasteiger partial charge is 0.193 e. The number of methoxy groups -OCH3 is 1. The van der Waals surface area contributed by atoms with E-state index in [9.17, 15) is 4.79 Å². The molecule has 0 N–H and O–H groups in total. The summed E-state index contributed by atoms with van der Waals surface area (Å²) < 4.78 is 5.90. The summed E-state index contributed by atoms with van der Waals surface area (Å²) in [5.41, 5.74) is 2.00. The highest BCUT2D eigenvalue weighted by Crippen LogP contribution is 2.28. The first-order valence-electron chi connectivity index (χ1n) is 5.68. The Balaban J connectivity index is 2.44. The van der Waals surface area contributed by atoms with Crippen molar-refractivity contribution < 1.29 is 9.53 Å². The molecule has 19 heavy (non-hydrogen) atoms. The van der Waals surface area contributed by atoms with Gasteiger partial charge in [0.05, 0.1) is 11.6 Å². The third-order valence-electron chi connectivity index (χ3n) is 2.93. The van der Waals surface area contributed by atoms with Crippen LogP contribution in [0.5, 0.6) is 5.75 Å². The minimum Gasteiger partial charge on any atom is -0.496 e. The monoisotopic (exact) mass is 338 g/mol. The van der Waals surface area contributed by atoms with Crippen molar-refractivity contribution in [3.63, 3.8) is 0 Å². The highest BCUT2D eigenvalue weighted by molar-refractivity contribution is 9.10. The molecule has 2 aromatic rings. The van der Waals surface area contributed by atoms with Crippen molar-refractivity contribution in [1.82, 2.24) is 0 Å². The van der Waals surface area contributed by atoms with Crippen LogP contribution in [-0.4, -0.2) is 12.9 Å². The van der Waals surface area contributed by atoms with E-state index in [0.29, 0.717) is 21.9 Å². The van der Waals surface area contributed by atoms with E-state index in [1.807, 2.05) is 6.92 Å². The fourth-order valence-electron chi connectivity index (χ4n) is 1.82. The van der Waals surface area contributed by atoms with E-state index < -0.39 is 0 Å². The molecule has 0 bridgehead atoms. The molecule has 0 aliphatic heterocycles. The van der Waals surface area contributed by atoms with Crippen molar-refractivity contribution in [2.75, 3.05) is 7.11 Å². The summed E-state index contributed by atoms with van der Waals surface area (Å²) in [5, 5.41) is 0.596. The lowest BCUT2D eigenvalue weighted by Crippen LogP contribution is -2.04. The standard InChI is InChI=1S/C15H12BrClO2/c1-9-11(4-3-5-13(9)17)15(18)10-6-7-14(19-2)12(16)8-10/h3-8H,1-2H3. The van der Waals surface area contributed by atoms with Crippen LogP contribution in [-0.2, 0) is 0 Å². The zero-order valence-corrected chi connectivity index (χ0v) is 12.9. The van der Waals surface area contributed by atoms with Crippen LogP contribution in [0.15, 0.2) is 40.9 Å². The van der Waals surface area contributed by atoms with Crippen LogP contribution >= 0.6 is 27.5 Å². The third kappa shape index (κ3) is 2.82. The van der Waals surface area contributed by atoms with E-state index in [1.54, 1.807) is 43.5 Å². The zero-order valence-electron chi connectivity index (χ0n) is 10.5. The molecule has 0 aliphatic carbocycles. The lowest BCUT2D eigenvalue weighted by Gasteiger charge is -2.08. The molecule has 0 radical (unpaired) electrons. The van der Waals surface area contributed by atoms with Gasteiger partial charge in [0.15, 0.2) is 5.78 Å². The largest absolute Gasteiger partial charge is 0.496 e. The lowest BCUT2D eigenvalue weighted by atomic mass is 9.99. The van der Waals surface area contributed by atoms with E-state index in [4.69, 9.17) is 16.3 Å². The molecule has 0 saturated carbocycles. The van der Waals surface area contributed by atoms with Gasteiger partial charge in [-0.05, 0) is 52.7 Å². The van der Waals surface area contributed by atoms with Gasteiger partial charge in [-0.1, -0.05) is 23.7 Å². The molecule has 0 amide bonds. The highest BCUT2D eigenvalue weighted by atomic mass is 79.9. The van der Waals surface area contributed by atoms with Crippen molar-refractivity contribution in [3.8, 4) is 5.75 Å². The van der Waals surface area contributed by atoms with E-state index in [1.165, 1.54) is 0 Å². The third-order valence-corrected chi connectivity index (χ3v) is 3.96. The quantitative estimate of drug-likeness (QED) is 0.761. The summed E-state index contributed by atoms with van der Waals surface area (Å²) in [5.74, 6) is 0.641. The van der Waals surface area contributed by atoms with Gasteiger partial charge in [0.1, 0.15) is 5.75 Å². The molecule has 0 heterocycles. The van der Waals surface area contributed by atoms with Crippen LogP contribution in [0.3, 0.4) is 0 Å². The highest BCUT2D eigenvalue weighted by Gasteiger charge is 2.14. The second-order valence-corrected chi connectivity index (χ2v) is 5.35. The zero-order chi connectivity index (χ0) is 14.0. The van der Waals surface area contributed by atoms with Crippen molar-refractivity contribution in [2.45, 2.75) is 6.92 Å². The number of halogens is 2. The fraction of sp³-hybridized carbons (Fsp3) is 0.133. The first-order chi connectivity index (χ1) is 9.04. The van der Waals surface area contributed by atoms with Gasteiger partial charge < -0.3 is 4.74 Å². The summed E-state index contributed by atoms with van der Waals surface area (Å²) in [6, 6.07) is 10.6. The van der Waals surface area contributed by atoms with Gasteiger partial charge in [-0.3, -0.25) is 4.79 Å². The lowest BCUT2D eigenvalue weighted by molar-refractivity contribution is 0.103. The minimum absolute atomic E-state index is 0.0525. The van der Waals surface area contributed by atoms with Crippen LogP contribution in [0.1, 0.15) is 21.5 Å². The summed E-state index contributed by atoms with van der Waals surface area (Å²) >= 11 is 9.42. The SMILES string of the molecule is COc1ccc(C(=O)c2cccc(Cl)c2C)cc1Br. The Hall–Kier alpha value is -1.32. The van der Waals surface area contributed by atoms with Crippen LogP contribution in [0.25, 0.3) is 0 Å². The van der Waals surface area contributed by atoms with E-state index in [-0.39, 0.29) is 5.78 Å². The maximum Gasteiger partial charge on any atom is 0.193 e. The molecule has 2 aromatic carbocycles. The predicted octanol–water partition coefficient (Wildman–Crippen LogP) is 4.65. The molecule has 98 valence electrons. The van der Waals surface area contributed by atoms with Gasteiger partial charge in [0.2, 0.25) is 0 Å². The Morgan fingerprint density at radius 2 is 2.00 bits per heavy atom. The van der Waals surface area contributed by atoms with Gasteiger partial charge in [0.25, 0.3) is 0 Å². The maximum atomic E-state index is 12.5. The van der Waals surface area contributed by atoms with Crippen LogP contribution < -0.4 is 4.74 Å². The second-order valence-electron chi connectivity index (χ2n) is 4.09. The average molecular weight is 340 g/mol. The topological polar surface area (TPSA) is 26.3 Å². The Morgan fingerprint density at radius 1 is 1.26 bits per heavy atom. The first kappa shape index (κ1) is 14.1. The van der Waals surface area contributed by atoms with E-state index in [0.717, 1.165) is 10.0 Å². The molecule has 0 saturated heterocycles. The molecule has 0 unspecified atom stereocenters. The number of benzene rings is 2. The first-order valence-corrected chi connectivity index (χ1v) is 6.85. The van der Waals surface area contributed by atoms with Crippen molar-refractivity contribution in [2.24, 2.45) is 0 Å². The van der Waals surface area contributed by atoms with Gasteiger partial charge in [0, 0.05) is 16.1 Å². The van der Waals surface area contributed by atoms with Gasteiger partial charge >= 0.3 is 0 Å². The molecule has 0 spiro atoms. The van der Waals surface area contributed by atoms with Crippen LogP contribution in [0.2, 0.25) is 5.02 Å². The molecular weight excluding hydrogens is 328 g/mol. The number of carbonyl (C=O) groups is 1. The van der Waals surface area contributed by atoms with E-state index in [2.05, 4.69) is 15.9 Å². The van der Waals surface area contributed by atoms with E-state index >= 15 is 0 Å². The molecule has 0 atom stereocenters. The summed E-state index contributed by atoms with van der Waals surface area (Å²) in [7, 11) is 1.59. The predicted molar refractivity (Wildman–Crippen MR) is 80.3 cm³/mol. The normalized spacial score (nSPS) is 10.3. The second kappa shape index (κ2) is 5.76. The Kier molecular flexibility index (Phi) is 4.27. The summed E-state index contributed by atoms with van der Waals surface area (Å²) in [4.78, 5) is 12.5. The fourth-order valence-corrected chi connectivity index (χ4v) is 2.53. The Labute approximate surface area is 125 Å².